The van der Waals surface area contributed by atoms with Crippen molar-refractivity contribution >= 4 is 34.8 Å². The van der Waals surface area contributed by atoms with E-state index in [4.69, 9.17) is 21.6 Å². The highest BCUT2D eigenvalue weighted by atomic mass is 35.5. The Labute approximate surface area is 155 Å². The van der Waals surface area contributed by atoms with Crippen LogP contribution in [0, 0.1) is 17.2 Å². The van der Waals surface area contributed by atoms with E-state index in [1.54, 1.807) is 42.5 Å². The van der Waals surface area contributed by atoms with Crippen molar-refractivity contribution in [3.05, 3.63) is 53.1 Å². The Kier molecular flexibility index (Phi) is 5.10. The van der Waals surface area contributed by atoms with Gasteiger partial charge in [-0.1, -0.05) is 17.7 Å². The molecule has 6 nitrogen and oxygen atoms in total. The van der Waals surface area contributed by atoms with Gasteiger partial charge in [-0.25, -0.2) is 0 Å². The van der Waals surface area contributed by atoms with Gasteiger partial charge in [-0.15, -0.1) is 0 Å². The number of carbonyl (C=O) groups excluding carboxylic acids is 2. The Morgan fingerprint density at radius 2 is 2.15 bits per heavy atom. The lowest BCUT2D eigenvalue weighted by atomic mass is 10.1. The number of nitrogens with one attached hydrogen (secondary N) is 1. The number of rotatable bonds is 4. The number of ether oxygens (including phenoxy) is 1. The zero-order valence-corrected chi connectivity index (χ0v) is 14.8. The number of nitriles is 1. The van der Waals surface area contributed by atoms with Gasteiger partial charge in [-0.05, 0) is 36.4 Å². The summed E-state index contributed by atoms with van der Waals surface area (Å²) in [7, 11) is 1.50. The fourth-order valence-corrected chi connectivity index (χ4v) is 3.06. The molecule has 1 saturated heterocycles. The van der Waals surface area contributed by atoms with Crippen molar-refractivity contribution in [2.75, 3.05) is 23.9 Å². The number of benzene rings is 2. The molecular formula is C19H16ClN3O3. The van der Waals surface area contributed by atoms with Gasteiger partial charge in [0, 0.05) is 23.7 Å². The molecular weight excluding hydrogens is 354 g/mol. The van der Waals surface area contributed by atoms with Crippen LogP contribution in [0.1, 0.15) is 12.0 Å². The minimum Gasteiger partial charge on any atom is -0.495 e. The molecule has 0 spiro atoms. The van der Waals surface area contributed by atoms with E-state index in [0.29, 0.717) is 27.7 Å². The molecule has 1 atom stereocenters. The van der Waals surface area contributed by atoms with E-state index in [1.807, 2.05) is 6.07 Å². The molecule has 0 aromatic heterocycles. The summed E-state index contributed by atoms with van der Waals surface area (Å²) >= 11 is 5.98. The maximum atomic E-state index is 12.6. The number of hydrogen-bond donors (Lipinski definition) is 1. The second-order valence-electron chi connectivity index (χ2n) is 5.90. The summed E-state index contributed by atoms with van der Waals surface area (Å²) in [5.74, 6) is -0.446. The van der Waals surface area contributed by atoms with Gasteiger partial charge in [0.25, 0.3) is 0 Å². The molecule has 26 heavy (non-hydrogen) atoms. The molecule has 2 aromatic carbocycles. The van der Waals surface area contributed by atoms with E-state index in [1.165, 1.54) is 12.0 Å². The monoisotopic (exact) mass is 369 g/mol. The maximum Gasteiger partial charge on any atom is 0.229 e. The van der Waals surface area contributed by atoms with E-state index in [9.17, 15) is 9.59 Å². The van der Waals surface area contributed by atoms with Crippen molar-refractivity contribution in [1.82, 2.24) is 0 Å². The number of nitrogens with zero attached hydrogens (tertiary/aromatic N) is 2. The molecule has 2 amide bonds. The molecule has 2 aromatic rings. The van der Waals surface area contributed by atoms with Gasteiger partial charge in [0.2, 0.25) is 11.8 Å². The molecule has 132 valence electrons. The van der Waals surface area contributed by atoms with Crippen molar-refractivity contribution in [2.24, 2.45) is 5.92 Å². The fraction of sp³-hybridized carbons (Fsp3) is 0.211. The summed E-state index contributed by atoms with van der Waals surface area (Å²) in [5.41, 5.74) is 1.54. The minimum atomic E-state index is -0.503. The number of hydrogen-bond acceptors (Lipinski definition) is 4. The number of carbonyl (C=O) groups is 2. The van der Waals surface area contributed by atoms with Crippen LogP contribution in [0.25, 0.3) is 0 Å². The van der Waals surface area contributed by atoms with E-state index in [0.717, 1.165) is 0 Å². The first-order chi connectivity index (χ1) is 12.5. The molecule has 7 heteroatoms. The van der Waals surface area contributed by atoms with Gasteiger partial charge >= 0.3 is 0 Å². The lowest BCUT2D eigenvalue weighted by Crippen LogP contribution is -2.28. The summed E-state index contributed by atoms with van der Waals surface area (Å²) in [4.78, 5) is 26.5. The molecule has 1 heterocycles. The quantitative estimate of drug-likeness (QED) is 0.897. The summed E-state index contributed by atoms with van der Waals surface area (Å²) < 4.78 is 5.22. The van der Waals surface area contributed by atoms with Crippen LogP contribution in [-0.4, -0.2) is 25.5 Å². The van der Waals surface area contributed by atoms with E-state index in [2.05, 4.69) is 5.32 Å². The van der Waals surface area contributed by atoms with Gasteiger partial charge in [-0.2, -0.15) is 5.26 Å². The predicted octanol–water partition coefficient (Wildman–Crippen LogP) is 3.21. The van der Waals surface area contributed by atoms with Crippen LogP contribution >= 0.6 is 11.6 Å². The second kappa shape index (κ2) is 7.46. The Hall–Kier alpha value is -3.04. The maximum absolute atomic E-state index is 12.6. The van der Waals surface area contributed by atoms with Gasteiger partial charge in [0.15, 0.2) is 0 Å². The molecule has 0 aliphatic carbocycles. The van der Waals surface area contributed by atoms with E-state index >= 15 is 0 Å². The third-order valence-corrected chi connectivity index (χ3v) is 4.44. The molecule has 3 rings (SSSR count). The summed E-state index contributed by atoms with van der Waals surface area (Å²) in [5, 5.41) is 12.3. The highest BCUT2D eigenvalue weighted by Gasteiger charge is 2.35. The number of halogens is 1. The van der Waals surface area contributed by atoms with Crippen LogP contribution in [0.4, 0.5) is 11.4 Å². The molecule has 1 unspecified atom stereocenters. The Bertz CT molecular complexity index is 907. The molecule has 1 aliphatic rings. The summed E-state index contributed by atoms with van der Waals surface area (Å²) in [6, 6.07) is 13.7. The Morgan fingerprint density at radius 3 is 2.88 bits per heavy atom. The van der Waals surface area contributed by atoms with Crippen molar-refractivity contribution in [2.45, 2.75) is 6.42 Å². The largest absolute Gasteiger partial charge is 0.495 e. The first-order valence-corrected chi connectivity index (χ1v) is 8.34. The topological polar surface area (TPSA) is 82.4 Å². The molecule has 1 fully saturated rings. The third kappa shape index (κ3) is 3.63. The van der Waals surface area contributed by atoms with Crippen molar-refractivity contribution in [3.8, 4) is 11.8 Å². The molecule has 0 saturated carbocycles. The van der Waals surface area contributed by atoms with Crippen LogP contribution in [0.2, 0.25) is 5.02 Å². The van der Waals surface area contributed by atoms with Gasteiger partial charge < -0.3 is 15.0 Å². The Morgan fingerprint density at radius 1 is 1.35 bits per heavy atom. The number of amides is 2. The first kappa shape index (κ1) is 17.8. The number of methoxy groups -OCH3 is 1. The normalized spacial score (nSPS) is 16.3. The fourth-order valence-electron chi connectivity index (χ4n) is 2.89. The van der Waals surface area contributed by atoms with Gasteiger partial charge in [-0.3, -0.25) is 9.59 Å². The average Bonchev–Trinajstić information content (AvgIpc) is 3.04. The molecule has 1 N–H and O–H groups in total. The molecule has 0 bridgehead atoms. The highest BCUT2D eigenvalue weighted by Crippen LogP contribution is 2.30. The standard InChI is InChI=1S/C19H16ClN3O3/c1-26-17-6-5-14(20)9-16(17)22-19(25)13-8-18(24)23(11-13)15-4-2-3-12(7-15)10-21/h2-7,9,13H,8,11H2,1H3,(H,22,25). The van der Waals surface area contributed by atoms with Crippen LogP contribution in [-0.2, 0) is 9.59 Å². The Balaban J connectivity index is 1.75. The van der Waals surface area contributed by atoms with Crippen molar-refractivity contribution in [1.29, 1.82) is 5.26 Å². The van der Waals surface area contributed by atoms with E-state index in [-0.39, 0.29) is 24.8 Å². The SMILES string of the molecule is COc1ccc(Cl)cc1NC(=O)C1CC(=O)N(c2cccc(C#N)c2)C1. The van der Waals surface area contributed by atoms with Crippen LogP contribution < -0.4 is 15.0 Å². The van der Waals surface area contributed by atoms with Crippen LogP contribution in [0.3, 0.4) is 0 Å². The van der Waals surface area contributed by atoms with Gasteiger partial charge in [0.1, 0.15) is 5.75 Å². The van der Waals surface area contributed by atoms with Crippen LogP contribution in [0.5, 0.6) is 5.75 Å². The lowest BCUT2D eigenvalue weighted by Gasteiger charge is -2.17. The summed E-state index contributed by atoms with van der Waals surface area (Å²) in [6.45, 7) is 0.252. The van der Waals surface area contributed by atoms with E-state index < -0.39 is 5.92 Å². The van der Waals surface area contributed by atoms with Crippen molar-refractivity contribution in [3.63, 3.8) is 0 Å². The highest BCUT2D eigenvalue weighted by molar-refractivity contribution is 6.31. The average molecular weight is 370 g/mol. The van der Waals surface area contributed by atoms with Crippen LogP contribution in [0.15, 0.2) is 42.5 Å². The summed E-state index contributed by atoms with van der Waals surface area (Å²) in [6.07, 6.45) is 0.103. The lowest BCUT2D eigenvalue weighted by molar-refractivity contribution is -0.122. The van der Waals surface area contributed by atoms with Crippen molar-refractivity contribution < 1.29 is 14.3 Å². The zero-order valence-electron chi connectivity index (χ0n) is 14.0. The zero-order chi connectivity index (χ0) is 18.7. The predicted molar refractivity (Wildman–Crippen MR) is 98.3 cm³/mol. The van der Waals surface area contributed by atoms with Gasteiger partial charge in [0.05, 0.1) is 30.3 Å². The number of anilines is 2. The second-order valence-corrected chi connectivity index (χ2v) is 6.34. The molecule has 1 aliphatic heterocycles. The smallest absolute Gasteiger partial charge is 0.229 e. The first-order valence-electron chi connectivity index (χ1n) is 7.96. The molecule has 0 radical (unpaired) electrons. The minimum absolute atomic E-state index is 0.103. The third-order valence-electron chi connectivity index (χ3n) is 4.20.